The first-order valence-corrected chi connectivity index (χ1v) is 4.22. The SMILES string of the molecule is CC(C)(CO)NCC(C)(C)[N+](=O)[O-]. The molecule has 0 radical (unpaired) electrons. The van der Waals surface area contributed by atoms with Gasteiger partial charge >= 0.3 is 0 Å². The van der Waals surface area contributed by atoms with Gasteiger partial charge in [0.05, 0.1) is 13.2 Å². The minimum atomic E-state index is -0.994. The average molecular weight is 190 g/mol. The van der Waals surface area contributed by atoms with E-state index in [1.165, 1.54) is 0 Å². The molecule has 0 spiro atoms. The summed E-state index contributed by atoms with van der Waals surface area (Å²) in [4.78, 5) is 10.2. The molecule has 0 amide bonds. The molecule has 0 aromatic rings. The van der Waals surface area contributed by atoms with Gasteiger partial charge in [-0.15, -0.1) is 0 Å². The van der Waals surface area contributed by atoms with Gasteiger partial charge in [-0.3, -0.25) is 10.1 Å². The van der Waals surface area contributed by atoms with Crippen LogP contribution < -0.4 is 5.32 Å². The maximum atomic E-state index is 10.5. The first-order valence-electron chi connectivity index (χ1n) is 4.22. The van der Waals surface area contributed by atoms with Gasteiger partial charge in [0.15, 0.2) is 0 Å². The lowest BCUT2D eigenvalue weighted by Gasteiger charge is -2.26. The molecule has 5 nitrogen and oxygen atoms in total. The Bertz CT molecular complexity index is 190. The molecule has 78 valence electrons. The van der Waals surface area contributed by atoms with Gasteiger partial charge in [0, 0.05) is 24.3 Å². The zero-order valence-corrected chi connectivity index (χ0v) is 8.63. The van der Waals surface area contributed by atoms with Crippen molar-refractivity contribution in [2.45, 2.75) is 38.8 Å². The van der Waals surface area contributed by atoms with E-state index in [0.29, 0.717) is 0 Å². The molecule has 0 rings (SSSR count). The first kappa shape index (κ1) is 12.3. The maximum absolute atomic E-state index is 10.5. The van der Waals surface area contributed by atoms with E-state index in [1.54, 1.807) is 27.7 Å². The topological polar surface area (TPSA) is 75.4 Å². The van der Waals surface area contributed by atoms with Gasteiger partial charge in [-0.2, -0.15) is 0 Å². The minimum absolute atomic E-state index is 0.0409. The third-order valence-electron chi connectivity index (χ3n) is 1.89. The molecule has 0 saturated heterocycles. The number of nitro groups is 1. The van der Waals surface area contributed by atoms with E-state index < -0.39 is 11.1 Å². The van der Waals surface area contributed by atoms with E-state index in [1.807, 2.05) is 0 Å². The fraction of sp³-hybridized carbons (Fsp3) is 1.00. The standard InChI is InChI=1S/C8H18N2O3/c1-7(2,6-11)9-5-8(3,4)10(12)13/h9,11H,5-6H2,1-4H3. The highest BCUT2D eigenvalue weighted by Gasteiger charge is 2.32. The van der Waals surface area contributed by atoms with Crippen molar-refractivity contribution < 1.29 is 10.0 Å². The molecular formula is C8H18N2O3. The van der Waals surface area contributed by atoms with Crippen molar-refractivity contribution in [1.82, 2.24) is 5.32 Å². The third kappa shape index (κ3) is 4.19. The van der Waals surface area contributed by atoms with Crippen LogP contribution in [0.5, 0.6) is 0 Å². The Balaban J connectivity index is 4.09. The van der Waals surface area contributed by atoms with Crippen LogP contribution in [0.2, 0.25) is 0 Å². The Morgan fingerprint density at radius 1 is 1.38 bits per heavy atom. The van der Waals surface area contributed by atoms with Gasteiger partial charge in [-0.25, -0.2) is 0 Å². The zero-order valence-electron chi connectivity index (χ0n) is 8.63. The van der Waals surface area contributed by atoms with Crippen molar-refractivity contribution in [2.24, 2.45) is 0 Å². The summed E-state index contributed by atoms with van der Waals surface area (Å²) >= 11 is 0. The molecule has 0 bridgehead atoms. The van der Waals surface area contributed by atoms with E-state index in [-0.39, 0.29) is 18.1 Å². The van der Waals surface area contributed by atoms with E-state index in [4.69, 9.17) is 5.11 Å². The summed E-state index contributed by atoms with van der Waals surface area (Å²) in [6.45, 7) is 6.89. The van der Waals surface area contributed by atoms with Crippen molar-refractivity contribution in [3.63, 3.8) is 0 Å². The Morgan fingerprint density at radius 3 is 2.15 bits per heavy atom. The summed E-state index contributed by atoms with van der Waals surface area (Å²) < 4.78 is 0. The normalized spacial score (nSPS) is 13.0. The fourth-order valence-corrected chi connectivity index (χ4v) is 0.576. The summed E-state index contributed by atoms with van der Waals surface area (Å²) in [6, 6.07) is 0. The van der Waals surface area contributed by atoms with Crippen LogP contribution in [0.1, 0.15) is 27.7 Å². The lowest BCUT2D eigenvalue weighted by Crippen LogP contribution is -2.51. The molecule has 0 fully saturated rings. The average Bonchev–Trinajstić information content (AvgIpc) is 2.01. The second-order valence-corrected chi connectivity index (χ2v) is 4.47. The summed E-state index contributed by atoms with van der Waals surface area (Å²) in [7, 11) is 0. The van der Waals surface area contributed by atoms with Crippen molar-refractivity contribution in [3.05, 3.63) is 10.1 Å². The summed E-state index contributed by atoms with van der Waals surface area (Å²) in [5.41, 5.74) is -1.46. The first-order chi connectivity index (χ1) is 5.71. The minimum Gasteiger partial charge on any atom is -0.394 e. The number of aliphatic hydroxyl groups is 1. The summed E-state index contributed by atoms with van der Waals surface area (Å²) in [5.74, 6) is 0. The molecule has 13 heavy (non-hydrogen) atoms. The Morgan fingerprint density at radius 2 is 1.85 bits per heavy atom. The van der Waals surface area contributed by atoms with Gasteiger partial charge in [-0.1, -0.05) is 0 Å². The number of nitrogens with zero attached hydrogens (tertiary/aromatic N) is 1. The van der Waals surface area contributed by atoms with E-state index in [2.05, 4.69) is 5.32 Å². The van der Waals surface area contributed by atoms with Crippen molar-refractivity contribution in [2.75, 3.05) is 13.2 Å². The molecule has 0 saturated carbocycles. The van der Waals surface area contributed by atoms with Crippen LogP contribution in [-0.4, -0.2) is 34.3 Å². The molecule has 0 aliphatic heterocycles. The largest absolute Gasteiger partial charge is 0.394 e. The van der Waals surface area contributed by atoms with Crippen LogP contribution in [0.3, 0.4) is 0 Å². The molecule has 0 heterocycles. The number of nitrogens with one attached hydrogen (secondary N) is 1. The van der Waals surface area contributed by atoms with Crippen molar-refractivity contribution >= 4 is 0 Å². The van der Waals surface area contributed by atoms with Crippen LogP contribution in [-0.2, 0) is 0 Å². The summed E-state index contributed by atoms with van der Waals surface area (Å²) in [5, 5.41) is 22.4. The van der Waals surface area contributed by atoms with Gasteiger partial charge in [0.25, 0.3) is 0 Å². The van der Waals surface area contributed by atoms with Gasteiger partial charge < -0.3 is 10.4 Å². The lowest BCUT2D eigenvalue weighted by molar-refractivity contribution is -0.558. The van der Waals surface area contributed by atoms with Crippen LogP contribution >= 0.6 is 0 Å². The van der Waals surface area contributed by atoms with Crippen LogP contribution in [0.15, 0.2) is 0 Å². The van der Waals surface area contributed by atoms with Crippen molar-refractivity contribution in [1.29, 1.82) is 0 Å². The molecule has 0 aliphatic carbocycles. The van der Waals surface area contributed by atoms with Crippen LogP contribution in [0, 0.1) is 10.1 Å². The highest BCUT2D eigenvalue weighted by Crippen LogP contribution is 2.08. The molecule has 0 aromatic carbocycles. The van der Waals surface area contributed by atoms with Gasteiger partial charge in [0.1, 0.15) is 0 Å². The van der Waals surface area contributed by atoms with Crippen LogP contribution in [0.4, 0.5) is 0 Å². The second-order valence-electron chi connectivity index (χ2n) is 4.47. The van der Waals surface area contributed by atoms with Crippen LogP contribution in [0.25, 0.3) is 0 Å². The van der Waals surface area contributed by atoms with E-state index >= 15 is 0 Å². The number of rotatable bonds is 5. The zero-order chi connectivity index (χ0) is 10.7. The second kappa shape index (κ2) is 4.02. The Labute approximate surface area is 78.3 Å². The van der Waals surface area contributed by atoms with E-state index in [9.17, 15) is 10.1 Å². The monoisotopic (exact) mass is 190 g/mol. The lowest BCUT2D eigenvalue weighted by atomic mass is 10.0. The molecular weight excluding hydrogens is 172 g/mol. The maximum Gasteiger partial charge on any atom is 0.229 e. The molecule has 5 heteroatoms. The van der Waals surface area contributed by atoms with E-state index in [0.717, 1.165) is 0 Å². The van der Waals surface area contributed by atoms with Gasteiger partial charge in [-0.05, 0) is 13.8 Å². The molecule has 0 aromatic heterocycles. The highest BCUT2D eigenvalue weighted by atomic mass is 16.6. The summed E-state index contributed by atoms with van der Waals surface area (Å²) in [6.07, 6.45) is 0. The third-order valence-corrected chi connectivity index (χ3v) is 1.89. The molecule has 0 atom stereocenters. The smallest absolute Gasteiger partial charge is 0.229 e. The predicted molar refractivity (Wildman–Crippen MR) is 50.2 cm³/mol. The number of aliphatic hydroxyl groups excluding tert-OH is 1. The Kier molecular flexibility index (Phi) is 3.81. The quantitative estimate of drug-likeness (QED) is 0.486. The number of hydrogen-bond donors (Lipinski definition) is 2. The Hall–Kier alpha value is -0.680. The van der Waals surface area contributed by atoms with Gasteiger partial charge in [0.2, 0.25) is 5.54 Å². The molecule has 2 N–H and O–H groups in total. The predicted octanol–water partition coefficient (Wildman–Crippen LogP) is 0.402. The molecule has 0 aliphatic rings. The number of hydrogen-bond acceptors (Lipinski definition) is 4. The van der Waals surface area contributed by atoms with Crippen molar-refractivity contribution in [3.8, 4) is 0 Å². The fourth-order valence-electron chi connectivity index (χ4n) is 0.576. The highest BCUT2D eigenvalue weighted by molar-refractivity contribution is 4.80. The molecule has 0 unspecified atom stereocenters.